The number of methoxy groups -OCH3 is 1. The van der Waals surface area contributed by atoms with Gasteiger partial charge in [0.1, 0.15) is 5.76 Å². The molecule has 0 radical (unpaired) electrons. The van der Waals surface area contributed by atoms with Crippen LogP contribution in [0.3, 0.4) is 0 Å². The summed E-state index contributed by atoms with van der Waals surface area (Å²) in [7, 11) is 3.38. The smallest absolute Gasteiger partial charge is 0.338 e. The number of nitrogens with zero attached hydrogens (tertiary/aromatic N) is 1. The maximum absolute atomic E-state index is 11.6. The number of aliphatic hydroxyl groups is 1. The molecule has 2 aliphatic rings. The normalized spacial score (nSPS) is 31.6. The van der Waals surface area contributed by atoms with Crippen LogP contribution >= 0.6 is 0 Å². The summed E-state index contributed by atoms with van der Waals surface area (Å²) in [6.07, 6.45) is 3.73. The van der Waals surface area contributed by atoms with E-state index in [0.717, 1.165) is 19.3 Å². The molecule has 1 N–H and O–H groups in total. The minimum atomic E-state index is -0.385. The van der Waals surface area contributed by atoms with Crippen LogP contribution < -0.4 is 0 Å². The Morgan fingerprint density at radius 1 is 1.53 bits per heavy atom. The molecule has 15 heavy (non-hydrogen) atoms. The number of hydrogen-bond donors (Lipinski definition) is 1. The van der Waals surface area contributed by atoms with Gasteiger partial charge in [0.2, 0.25) is 0 Å². The first-order valence-electron chi connectivity index (χ1n) is 5.37. The Kier molecular flexibility index (Phi) is 2.69. The zero-order valence-corrected chi connectivity index (χ0v) is 9.19. The molecule has 0 unspecified atom stereocenters. The number of carbonyl (C=O) groups excluding carboxylic acids is 1. The monoisotopic (exact) mass is 211 g/mol. The molecule has 2 atom stereocenters. The Hall–Kier alpha value is -1.03. The average Bonchev–Trinajstić information content (AvgIpc) is 2.20. The van der Waals surface area contributed by atoms with Crippen molar-refractivity contribution in [3.05, 3.63) is 11.3 Å². The molecule has 4 heteroatoms. The summed E-state index contributed by atoms with van der Waals surface area (Å²) in [4.78, 5) is 13.7. The number of esters is 1. The second-order valence-corrected chi connectivity index (χ2v) is 4.32. The van der Waals surface area contributed by atoms with E-state index in [-0.39, 0.29) is 17.8 Å². The Labute approximate surface area is 89.5 Å². The topological polar surface area (TPSA) is 49.8 Å². The van der Waals surface area contributed by atoms with Gasteiger partial charge >= 0.3 is 5.97 Å². The molecule has 2 rings (SSSR count). The predicted molar refractivity (Wildman–Crippen MR) is 55.5 cm³/mol. The van der Waals surface area contributed by atoms with Crippen LogP contribution in [0, 0.1) is 0 Å². The minimum absolute atomic E-state index is 0.0462. The fourth-order valence-electron chi connectivity index (χ4n) is 2.69. The summed E-state index contributed by atoms with van der Waals surface area (Å²) in [6.45, 7) is 0. The maximum atomic E-state index is 11.6. The Bertz CT molecular complexity index is 311. The van der Waals surface area contributed by atoms with Gasteiger partial charge in [-0.05, 0) is 26.3 Å². The maximum Gasteiger partial charge on any atom is 0.338 e. The van der Waals surface area contributed by atoms with Crippen LogP contribution in [0.25, 0.3) is 0 Å². The second-order valence-electron chi connectivity index (χ2n) is 4.32. The number of piperidine rings is 1. The van der Waals surface area contributed by atoms with Crippen molar-refractivity contribution in [1.82, 2.24) is 4.90 Å². The van der Waals surface area contributed by atoms with Crippen molar-refractivity contribution in [3.8, 4) is 0 Å². The standard InChI is InChI=1S/C11H17NO3/c1-12-7-4-3-5-8(12)10(9(13)6-7)11(14)15-2/h7-8,13H,3-6H2,1-2H3/t7-,8+/m0/s1. The molecule has 0 aromatic heterocycles. The summed E-state index contributed by atoms with van der Waals surface area (Å²) >= 11 is 0. The molecule has 1 fully saturated rings. The highest BCUT2D eigenvalue weighted by Crippen LogP contribution is 2.35. The van der Waals surface area contributed by atoms with Crippen molar-refractivity contribution in [2.24, 2.45) is 0 Å². The lowest BCUT2D eigenvalue weighted by molar-refractivity contribution is -0.137. The van der Waals surface area contributed by atoms with E-state index in [1.165, 1.54) is 7.11 Å². The number of hydrogen-bond acceptors (Lipinski definition) is 4. The molecule has 0 spiro atoms. The molecule has 0 amide bonds. The number of carbonyl (C=O) groups is 1. The third-order valence-electron chi connectivity index (χ3n) is 3.56. The highest BCUT2D eigenvalue weighted by atomic mass is 16.5. The van der Waals surface area contributed by atoms with E-state index in [1.54, 1.807) is 0 Å². The first-order valence-corrected chi connectivity index (χ1v) is 5.37. The highest BCUT2D eigenvalue weighted by Gasteiger charge is 2.39. The lowest BCUT2D eigenvalue weighted by Gasteiger charge is -2.43. The molecule has 84 valence electrons. The predicted octanol–water partition coefficient (Wildman–Crippen LogP) is 1.23. The van der Waals surface area contributed by atoms with Crippen molar-refractivity contribution >= 4 is 5.97 Å². The summed E-state index contributed by atoms with van der Waals surface area (Å²) in [5.74, 6) is -0.153. The number of fused-ring (bicyclic) bond motifs is 2. The third-order valence-corrected chi connectivity index (χ3v) is 3.56. The molecule has 2 aliphatic heterocycles. The van der Waals surface area contributed by atoms with Gasteiger partial charge < -0.3 is 9.84 Å². The van der Waals surface area contributed by atoms with E-state index >= 15 is 0 Å². The second kappa shape index (κ2) is 3.85. The summed E-state index contributed by atoms with van der Waals surface area (Å²) in [5.41, 5.74) is 0.468. The molecule has 2 heterocycles. The zero-order chi connectivity index (χ0) is 11.0. The summed E-state index contributed by atoms with van der Waals surface area (Å²) in [6, 6.07) is 0.433. The zero-order valence-electron chi connectivity index (χ0n) is 9.19. The van der Waals surface area contributed by atoms with Crippen molar-refractivity contribution in [3.63, 3.8) is 0 Å². The van der Waals surface area contributed by atoms with Crippen LogP contribution in [-0.4, -0.2) is 42.2 Å². The van der Waals surface area contributed by atoms with E-state index in [4.69, 9.17) is 4.74 Å². The van der Waals surface area contributed by atoms with Gasteiger partial charge in [0.15, 0.2) is 0 Å². The van der Waals surface area contributed by atoms with Crippen molar-refractivity contribution < 1.29 is 14.6 Å². The van der Waals surface area contributed by atoms with Gasteiger partial charge in [-0.15, -0.1) is 0 Å². The van der Waals surface area contributed by atoms with E-state index in [9.17, 15) is 9.90 Å². The van der Waals surface area contributed by atoms with E-state index in [0.29, 0.717) is 18.0 Å². The fraction of sp³-hybridized carbons (Fsp3) is 0.727. The molecular formula is C11H17NO3. The molecular weight excluding hydrogens is 194 g/mol. The first kappa shape index (κ1) is 10.5. The van der Waals surface area contributed by atoms with E-state index < -0.39 is 0 Å². The number of aliphatic hydroxyl groups excluding tert-OH is 1. The molecule has 0 aromatic carbocycles. The molecule has 1 saturated heterocycles. The van der Waals surface area contributed by atoms with Crippen LogP contribution in [0.15, 0.2) is 11.3 Å². The van der Waals surface area contributed by atoms with Gasteiger partial charge in [0.25, 0.3) is 0 Å². The van der Waals surface area contributed by atoms with E-state index in [2.05, 4.69) is 4.90 Å². The van der Waals surface area contributed by atoms with Gasteiger partial charge in [-0.2, -0.15) is 0 Å². The van der Waals surface area contributed by atoms with Crippen LogP contribution in [0.2, 0.25) is 0 Å². The number of rotatable bonds is 1. The third kappa shape index (κ3) is 1.63. The summed E-state index contributed by atoms with van der Waals surface area (Å²) < 4.78 is 4.72. The van der Waals surface area contributed by atoms with Crippen molar-refractivity contribution in [2.75, 3.05) is 14.2 Å². The van der Waals surface area contributed by atoms with Gasteiger partial charge in [0.05, 0.1) is 12.7 Å². The Balaban J connectivity index is 2.33. The Morgan fingerprint density at radius 3 is 2.93 bits per heavy atom. The Morgan fingerprint density at radius 2 is 2.27 bits per heavy atom. The van der Waals surface area contributed by atoms with Crippen LogP contribution in [-0.2, 0) is 9.53 Å². The lowest BCUT2D eigenvalue weighted by atomic mass is 9.83. The number of likely N-dealkylation sites (N-methyl/N-ethyl adjacent to an activating group) is 1. The molecule has 0 saturated carbocycles. The van der Waals surface area contributed by atoms with Crippen LogP contribution in [0.1, 0.15) is 25.7 Å². The molecule has 2 bridgehead atoms. The van der Waals surface area contributed by atoms with Crippen LogP contribution in [0.5, 0.6) is 0 Å². The minimum Gasteiger partial charge on any atom is -0.512 e. The SMILES string of the molecule is COC(=O)C1=C(O)C[C@@H]2CCC[C@H]1N2C. The van der Waals surface area contributed by atoms with Crippen molar-refractivity contribution in [2.45, 2.75) is 37.8 Å². The van der Waals surface area contributed by atoms with Gasteiger partial charge in [-0.25, -0.2) is 4.79 Å². The quantitative estimate of drug-likeness (QED) is 0.663. The van der Waals surface area contributed by atoms with Crippen LogP contribution in [0.4, 0.5) is 0 Å². The highest BCUT2D eigenvalue weighted by molar-refractivity contribution is 5.90. The van der Waals surface area contributed by atoms with Gasteiger partial charge in [0, 0.05) is 18.5 Å². The largest absolute Gasteiger partial charge is 0.512 e. The first-order chi connectivity index (χ1) is 7.15. The van der Waals surface area contributed by atoms with Crippen molar-refractivity contribution in [1.29, 1.82) is 0 Å². The van der Waals surface area contributed by atoms with Gasteiger partial charge in [-0.1, -0.05) is 0 Å². The molecule has 0 aliphatic carbocycles. The fourth-order valence-corrected chi connectivity index (χ4v) is 2.69. The van der Waals surface area contributed by atoms with Gasteiger partial charge in [-0.3, -0.25) is 4.90 Å². The molecule has 4 nitrogen and oxygen atoms in total. The summed E-state index contributed by atoms with van der Waals surface area (Å²) in [5, 5.41) is 9.85. The lowest BCUT2D eigenvalue weighted by Crippen LogP contribution is -2.50. The van der Waals surface area contributed by atoms with E-state index in [1.807, 2.05) is 7.05 Å². The average molecular weight is 211 g/mol. The molecule has 0 aromatic rings. The number of ether oxygens (including phenoxy) is 1.